The molecular weight excluding hydrogens is 386 g/mol. The monoisotopic (exact) mass is 402 g/mol. The molecule has 7 nitrogen and oxygen atoms in total. The lowest BCUT2D eigenvalue weighted by Gasteiger charge is -2.35. The summed E-state index contributed by atoms with van der Waals surface area (Å²) in [6.07, 6.45) is 0. The van der Waals surface area contributed by atoms with Crippen molar-refractivity contribution in [1.29, 1.82) is 0 Å². The van der Waals surface area contributed by atoms with Gasteiger partial charge in [-0.3, -0.25) is 4.90 Å². The first-order chi connectivity index (χ1) is 13.9. The van der Waals surface area contributed by atoms with Crippen LogP contribution in [0.2, 0.25) is 0 Å². The van der Waals surface area contributed by atoms with Crippen molar-refractivity contribution in [2.45, 2.75) is 13.0 Å². The van der Waals surface area contributed by atoms with Crippen LogP contribution < -0.4 is 19.7 Å². The predicted molar refractivity (Wildman–Crippen MR) is 97.4 cm³/mol. The van der Waals surface area contributed by atoms with E-state index in [1.54, 1.807) is 18.2 Å². The molecule has 2 heterocycles. The number of nitrogens with zero attached hydrogens (tertiary/aromatic N) is 1. The molecule has 150 valence electrons. The van der Waals surface area contributed by atoms with Crippen molar-refractivity contribution in [3.63, 3.8) is 0 Å². The predicted octanol–water partition coefficient (Wildman–Crippen LogP) is 3.41. The first kappa shape index (κ1) is 18.7. The standard InChI is InChI=1S/C20H16F2N2O5/c1-10-16(19(25)27-2)18(17-12(21)4-3-5-13(17)22)23-20(26)24(10)11-6-7-14-15(8-11)29-9-28-14/h3-8,18H,9H2,1-2H3,(H,23,26)/t18-/m0/s1. The highest BCUT2D eigenvalue weighted by Crippen LogP contribution is 2.40. The van der Waals surface area contributed by atoms with Crippen LogP contribution in [0.25, 0.3) is 0 Å². The number of carbonyl (C=O) groups is 2. The Morgan fingerprint density at radius 3 is 2.55 bits per heavy atom. The van der Waals surface area contributed by atoms with Crippen molar-refractivity contribution in [2.24, 2.45) is 0 Å². The Bertz CT molecular complexity index is 1030. The van der Waals surface area contributed by atoms with E-state index in [0.717, 1.165) is 19.2 Å². The van der Waals surface area contributed by atoms with Gasteiger partial charge < -0.3 is 19.5 Å². The highest BCUT2D eigenvalue weighted by molar-refractivity contribution is 6.03. The minimum Gasteiger partial charge on any atom is -0.466 e. The maximum atomic E-state index is 14.4. The van der Waals surface area contributed by atoms with Gasteiger partial charge in [-0.2, -0.15) is 0 Å². The molecule has 2 amide bonds. The lowest BCUT2D eigenvalue weighted by Crippen LogP contribution is -2.48. The zero-order valence-electron chi connectivity index (χ0n) is 15.5. The molecule has 0 saturated carbocycles. The van der Waals surface area contributed by atoms with E-state index in [1.165, 1.54) is 17.9 Å². The van der Waals surface area contributed by atoms with Crippen LogP contribution in [0, 0.1) is 11.6 Å². The van der Waals surface area contributed by atoms with Gasteiger partial charge in [0.2, 0.25) is 6.79 Å². The topological polar surface area (TPSA) is 77.1 Å². The number of amides is 2. The first-order valence-electron chi connectivity index (χ1n) is 8.65. The average molecular weight is 402 g/mol. The number of hydrogen-bond acceptors (Lipinski definition) is 5. The molecule has 1 N–H and O–H groups in total. The van der Waals surface area contributed by atoms with Crippen molar-refractivity contribution >= 4 is 17.7 Å². The molecule has 1 atom stereocenters. The zero-order valence-corrected chi connectivity index (χ0v) is 15.5. The van der Waals surface area contributed by atoms with Gasteiger partial charge in [0.15, 0.2) is 11.5 Å². The molecule has 2 aliphatic rings. The van der Waals surface area contributed by atoms with Crippen LogP contribution in [0.5, 0.6) is 11.5 Å². The summed E-state index contributed by atoms with van der Waals surface area (Å²) in [7, 11) is 1.15. The molecule has 9 heteroatoms. The summed E-state index contributed by atoms with van der Waals surface area (Å²) in [4.78, 5) is 26.6. The molecular formula is C20H16F2N2O5. The van der Waals surface area contributed by atoms with E-state index in [9.17, 15) is 18.4 Å². The van der Waals surface area contributed by atoms with Crippen molar-refractivity contribution < 1.29 is 32.6 Å². The maximum Gasteiger partial charge on any atom is 0.337 e. The molecule has 4 rings (SSSR count). The average Bonchev–Trinajstić information content (AvgIpc) is 3.15. The van der Waals surface area contributed by atoms with Gasteiger partial charge in [0.05, 0.1) is 30.0 Å². The van der Waals surface area contributed by atoms with E-state index in [-0.39, 0.29) is 18.1 Å². The van der Waals surface area contributed by atoms with Crippen molar-refractivity contribution in [3.8, 4) is 11.5 Å². The van der Waals surface area contributed by atoms with E-state index in [4.69, 9.17) is 14.2 Å². The highest BCUT2D eigenvalue weighted by atomic mass is 19.1. The van der Waals surface area contributed by atoms with Crippen LogP contribution in [-0.4, -0.2) is 25.9 Å². The Labute approximate surface area is 164 Å². The summed E-state index contributed by atoms with van der Waals surface area (Å²) >= 11 is 0. The van der Waals surface area contributed by atoms with Gasteiger partial charge >= 0.3 is 12.0 Å². The Hall–Kier alpha value is -3.62. The molecule has 0 unspecified atom stereocenters. The van der Waals surface area contributed by atoms with E-state index in [1.807, 2.05) is 0 Å². The summed E-state index contributed by atoms with van der Waals surface area (Å²) in [6, 6.07) is 6.10. The minimum absolute atomic E-state index is 0.0574. The van der Waals surface area contributed by atoms with Crippen LogP contribution >= 0.6 is 0 Å². The van der Waals surface area contributed by atoms with E-state index < -0.39 is 35.2 Å². The van der Waals surface area contributed by atoms with Gasteiger partial charge in [-0.15, -0.1) is 0 Å². The summed E-state index contributed by atoms with van der Waals surface area (Å²) in [6.45, 7) is 1.56. The van der Waals surface area contributed by atoms with Crippen LogP contribution in [0.4, 0.5) is 19.3 Å². The Morgan fingerprint density at radius 2 is 1.86 bits per heavy atom. The summed E-state index contributed by atoms with van der Waals surface area (Å²) in [5.41, 5.74) is 0.0323. The van der Waals surface area contributed by atoms with Gasteiger partial charge in [0, 0.05) is 11.8 Å². The second-order valence-corrected chi connectivity index (χ2v) is 6.38. The number of esters is 1. The Morgan fingerprint density at radius 1 is 1.17 bits per heavy atom. The lowest BCUT2D eigenvalue weighted by molar-refractivity contribution is -0.136. The molecule has 0 bridgehead atoms. The largest absolute Gasteiger partial charge is 0.466 e. The SMILES string of the molecule is COC(=O)C1=C(C)N(c2ccc3c(c2)OCO3)C(=O)N[C@@H]1c1c(F)cccc1F. The molecule has 0 aromatic heterocycles. The van der Waals surface area contributed by atoms with E-state index >= 15 is 0 Å². The number of methoxy groups -OCH3 is 1. The fraction of sp³-hybridized carbons (Fsp3) is 0.200. The third kappa shape index (κ3) is 3.04. The quantitative estimate of drug-likeness (QED) is 0.797. The highest BCUT2D eigenvalue weighted by Gasteiger charge is 2.39. The second-order valence-electron chi connectivity index (χ2n) is 6.38. The Balaban J connectivity index is 1.86. The number of anilines is 1. The van der Waals surface area contributed by atoms with Crippen molar-refractivity contribution in [1.82, 2.24) is 5.32 Å². The number of nitrogens with one attached hydrogen (secondary N) is 1. The number of halogens is 2. The fourth-order valence-electron chi connectivity index (χ4n) is 3.46. The molecule has 0 radical (unpaired) electrons. The van der Waals surface area contributed by atoms with Crippen LogP contribution in [0.1, 0.15) is 18.5 Å². The van der Waals surface area contributed by atoms with Crippen molar-refractivity contribution in [3.05, 3.63) is 64.9 Å². The van der Waals surface area contributed by atoms with Crippen LogP contribution in [0.3, 0.4) is 0 Å². The number of allylic oxidation sites excluding steroid dienone is 1. The van der Waals surface area contributed by atoms with Gasteiger partial charge in [0.25, 0.3) is 0 Å². The van der Waals surface area contributed by atoms with Gasteiger partial charge in [-0.05, 0) is 31.2 Å². The maximum absolute atomic E-state index is 14.4. The lowest BCUT2D eigenvalue weighted by atomic mass is 9.93. The third-order valence-corrected chi connectivity index (χ3v) is 4.79. The molecule has 0 saturated heterocycles. The normalized spacial score (nSPS) is 18.0. The van der Waals surface area contributed by atoms with Crippen LogP contribution in [0.15, 0.2) is 47.7 Å². The summed E-state index contributed by atoms with van der Waals surface area (Å²) in [5.74, 6) is -1.64. The smallest absolute Gasteiger partial charge is 0.337 e. The molecule has 0 fully saturated rings. The minimum atomic E-state index is -1.35. The second kappa shape index (κ2) is 7.08. The van der Waals surface area contributed by atoms with Gasteiger partial charge in [0.1, 0.15) is 11.6 Å². The number of carbonyl (C=O) groups excluding carboxylic acids is 2. The molecule has 0 spiro atoms. The van der Waals surface area contributed by atoms with E-state index in [2.05, 4.69) is 5.32 Å². The van der Waals surface area contributed by atoms with Crippen molar-refractivity contribution in [2.75, 3.05) is 18.8 Å². The number of hydrogen-bond donors (Lipinski definition) is 1. The first-order valence-corrected chi connectivity index (χ1v) is 8.65. The number of urea groups is 1. The molecule has 29 heavy (non-hydrogen) atoms. The third-order valence-electron chi connectivity index (χ3n) is 4.79. The molecule has 0 aliphatic carbocycles. The summed E-state index contributed by atoms with van der Waals surface area (Å²) in [5, 5.41) is 2.50. The molecule has 2 aromatic rings. The van der Waals surface area contributed by atoms with Gasteiger partial charge in [-0.1, -0.05) is 6.07 Å². The number of benzene rings is 2. The van der Waals surface area contributed by atoms with Gasteiger partial charge in [-0.25, -0.2) is 18.4 Å². The summed E-state index contributed by atoms with van der Waals surface area (Å²) < 4.78 is 44.2. The zero-order chi connectivity index (χ0) is 20.7. The number of rotatable bonds is 3. The molecule has 2 aromatic carbocycles. The number of fused-ring (bicyclic) bond motifs is 1. The fourth-order valence-corrected chi connectivity index (χ4v) is 3.46. The number of ether oxygens (including phenoxy) is 3. The van der Waals surface area contributed by atoms with Crippen LogP contribution in [-0.2, 0) is 9.53 Å². The Kier molecular flexibility index (Phi) is 4.57. The molecule has 2 aliphatic heterocycles. The van der Waals surface area contributed by atoms with E-state index in [0.29, 0.717) is 17.2 Å².